The van der Waals surface area contributed by atoms with Crippen LogP contribution in [-0.4, -0.2) is 15.3 Å². The van der Waals surface area contributed by atoms with Gasteiger partial charge in [-0.3, -0.25) is 9.20 Å². The molecule has 5 heteroatoms. The summed E-state index contributed by atoms with van der Waals surface area (Å²) in [7, 11) is 0. The summed E-state index contributed by atoms with van der Waals surface area (Å²) in [6.07, 6.45) is 1.99. The molecule has 0 aliphatic carbocycles. The van der Waals surface area contributed by atoms with Crippen LogP contribution in [0.4, 0.5) is 5.69 Å². The Bertz CT molecular complexity index is 1110. The molecule has 0 atom stereocenters. The second-order valence-corrected chi connectivity index (χ2v) is 7.41. The van der Waals surface area contributed by atoms with Gasteiger partial charge >= 0.3 is 0 Å². The first-order valence-electron chi connectivity index (χ1n) is 8.45. The molecule has 0 saturated heterocycles. The zero-order valence-corrected chi connectivity index (χ0v) is 15.7. The molecule has 2 heterocycles. The van der Waals surface area contributed by atoms with Crippen LogP contribution in [0.2, 0.25) is 0 Å². The number of amides is 1. The molecule has 0 saturated carbocycles. The van der Waals surface area contributed by atoms with E-state index in [1.54, 1.807) is 0 Å². The van der Waals surface area contributed by atoms with E-state index in [1.807, 2.05) is 79.9 Å². The summed E-state index contributed by atoms with van der Waals surface area (Å²) in [4.78, 5) is 19.0. The highest BCUT2D eigenvalue weighted by molar-refractivity contribution is 7.19. The number of carbonyl (C=O) groups excluding carboxylic acids is 1. The quantitative estimate of drug-likeness (QED) is 0.542. The fourth-order valence-electron chi connectivity index (χ4n) is 2.96. The van der Waals surface area contributed by atoms with E-state index in [2.05, 4.69) is 10.3 Å². The topological polar surface area (TPSA) is 46.4 Å². The molecule has 0 aliphatic rings. The lowest BCUT2D eigenvalue weighted by molar-refractivity contribution is 0.102. The SMILES string of the molecule is Cc1ccc(C)c(NC(=O)c2sc3nc(-c4ccccc4)cn3c2C)c1. The molecule has 0 fully saturated rings. The molecule has 1 amide bonds. The van der Waals surface area contributed by atoms with E-state index in [-0.39, 0.29) is 5.91 Å². The lowest BCUT2D eigenvalue weighted by Crippen LogP contribution is -2.13. The van der Waals surface area contributed by atoms with Gasteiger partial charge < -0.3 is 5.32 Å². The molecule has 4 rings (SSSR count). The number of thiazole rings is 1. The van der Waals surface area contributed by atoms with Crippen LogP contribution in [0.1, 0.15) is 26.5 Å². The number of hydrogen-bond acceptors (Lipinski definition) is 3. The molecule has 0 spiro atoms. The lowest BCUT2D eigenvalue weighted by atomic mass is 10.1. The maximum Gasteiger partial charge on any atom is 0.267 e. The van der Waals surface area contributed by atoms with Crippen LogP contribution >= 0.6 is 11.3 Å². The van der Waals surface area contributed by atoms with Crippen molar-refractivity contribution in [2.75, 3.05) is 5.32 Å². The Morgan fingerprint density at radius 1 is 1.08 bits per heavy atom. The van der Waals surface area contributed by atoms with Gasteiger partial charge in [-0.25, -0.2) is 4.98 Å². The number of aromatic nitrogens is 2. The maximum absolute atomic E-state index is 12.8. The van der Waals surface area contributed by atoms with Crippen molar-refractivity contribution in [3.63, 3.8) is 0 Å². The Morgan fingerprint density at radius 2 is 1.85 bits per heavy atom. The summed E-state index contributed by atoms with van der Waals surface area (Å²) >= 11 is 1.42. The first-order valence-corrected chi connectivity index (χ1v) is 9.27. The summed E-state index contributed by atoms with van der Waals surface area (Å²) in [5.74, 6) is -0.0899. The summed E-state index contributed by atoms with van der Waals surface area (Å²) in [6.45, 7) is 5.97. The minimum atomic E-state index is -0.0899. The van der Waals surface area contributed by atoms with Crippen LogP contribution in [0.15, 0.2) is 54.7 Å². The van der Waals surface area contributed by atoms with Crippen molar-refractivity contribution < 1.29 is 4.79 Å². The number of hydrogen-bond donors (Lipinski definition) is 1. The Labute approximate surface area is 156 Å². The van der Waals surface area contributed by atoms with Gasteiger partial charge in [0.25, 0.3) is 5.91 Å². The summed E-state index contributed by atoms with van der Waals surface area (Å²) in [5.41, 5.74) is 5.92. The van der Waals surface area contributed by atoms with Crippen molar-refractivity contribution in [1.29, 1.82) is 0 Å². The fourth-order valence-corrected chi connectivity index (χ4v) is 3.96. The molecule has 2 aromatic heterocycles. The Morgan fingerprint density at radius 3 is 2.58 bits per heavy atom. The summed E-state index contributed by atoms with van der Waals surface area (Å²) in [6, 6.07) is 16.1. The number of carbonyl (C=O) groups is 1. The van der Waals surface area contributed by atoms with Crippen LogP contribution in [0.25, 0.3) is 16.2 Å². The lowest BCUT2D eigenvalue weighted by Gasteiger charge is -2.08. The number of benzene rings is 2. The third kappa shape index (κ3) is 2.91. The van der Waals surface area contributed by atoms with E-state index in [0.717, 1.165) is 38.7 Å². The number of rotatable bonds is 3. The van der Waals surface area contributed by atoms with Gasteiger partial charge in [-0.15, -0.1) is 0 Å². The zero-order chi connectivity index (χ0) is 18.3. The number of imidazole rings is 1. The number of aryl methyl sites for hydroxylation is 3. The van der Waals surface area contributed by atoms with Gasteiger partial charge in [0, 0.05) is 23.1 Å². The van der Waals surface area contributed by atoms with E-state index in [4.69, 9.17) is 0 Å². The predicted octanol–water partition coefficient (Wildman–Crippen LogP) is 5.24. The van der Waals surface area contributed by atoms with E-state index in [0.29, 0.717) is 4.88 Å². The largest absolute Gasteiger partial charge is 0.321 e. The molecule has 130 valence electrons. The van der Waals surface area contributed by atoms with Gasteiger partial charge in [0.1, 0.15) is 4.88 Å². The van der Waals surface area contributed by atoms with Gasteiger partial charge in [-0.2, -0.15) is 0 Å². The van der Waals surface area contributed by atoms with Crippen LogP contribution in [0.5, 0.6) is 0 Å². The predicted molar refractivity (Wildman–Crippen MR) is 107 cm³/mol. The Balaban J connectivity index is 1.67. The summed E-state index contributed by atoms with van der Waals surface area (Å²) in [5, 5.41) is 3.04. The van der Waals surface area contributed by atoms with E-state index in [9.17, 15) is 4.79 Å². The number of nitrogens with one attached hydrogen (secondary N) is 1. The van der Waals surface area contributed by atoms with E-state index < -0.39 is 0 Å². The van der Waals surface area contributed by atoms with Crippen LogP contribution < -0.4 is 5.32 Å². The van der Waals surface area contributed by atoms with E-state index >= 15 is 0 Å². The highest BCUT2D eigenvalue weighted by Crippen LogP contribution is 2.28. The first-order chi connectivity index (χ1) is 12.5. The highest BCUT2D eigenvalue weighted by Gasteiger charge is 2.18. The molecular weight excluding hydrogens is 342 g/mol. The van der Waals surface area contributed by atoms with Crippen molar-refractivity contribution in [2.24, 2.45) is 0 Å². The van der Waals surface area contributed by atoms with Gasteiger partial charge in [0.2, 0.25) is 0 Å². The molecule has 2 aromatic carbocycles. The van der Waals surface area contributed by atoms with Crippen LogP contribution in [-0.2, 0) is 0 Å². The van der Waals surface area contributed by atoms with Crippen molar-refractivity contribution in [1.82, 2.24) is 9.38 Å². The van der Waals surface area contributed by atoms with Gasteiger partial charge in [-0.05, 0) is 38.0 Å². The number of nitrogens with zero attached hydrogens (tertiary/aromatic N) is 2. The minimum absolute atomic E-state index is 0.0899. The molecule has 1 N–H and O–H groups in total. The van der Waals surface area contributed by atoms with Gasteiger partial charge in [0.15, 0.2) is 4.96 Å². The molecule has 0 unspecified atom stereocenters. The molecule has 0 bridgehead atoms. The molecule has 4 nitrogen and oxygen atoms in total. The van der Waals surface area contributed by atoms with Crippen molar-refractivity contribution in [3.05, 3.63) is 76.4 Å². The Kier molecular flexibility index (Phi) is 4.09. The average molecular weight is 361 g/mol. The first kappa shape index (κ1) is 16.5. The molecule has 4 aromatic rings. The Hall–Kier alpha value is -2.92. The zero-order valence-electron chi connectivity index (χ0n) is 14.9. The number of fused-ring (bicyclic) bond motifs is 1. The average Bonchev–Trinajstić information content (AvgIpc) is 3.19. The molecule has 0 aliphatic heterocycles. The van der Waals surface area contributed by atoms with Crippen molar-refractivity contribution >= 4 is 27.9 Å². The molecule has 0 radical (unpaired) electrons. The smallest absolute Gasteiger partial charge is 0.267 e. The highest BCUT2D eigenvalue weighted by atomic mass is 32.1. The number of anilines is 1. The van der Waals surface area contributed by atoms with Gasteiger partial charge in [-0.1, -0.05) is 53.8 Å². The minimum Gasteiger partial charge on any atom is -0.321 e. The third-order valence-electron chi connectivity index (χ3n) is 4.47. The molecular formula is C21H19N3OS. The third-order valence-corrected chi connectivity index (χ3v) is 5.63. The summed E-state index contributed by atoms with van der Waals surface area (Å²) < 4.78 is 1.99. The van der Waals surface area contributed by atoms with Gasteiger partial charge in [0.05, 0.1) is 5.69 Å². The van der Waals surface area contributed by atoms with E-state index in [1.165, 1.54) is 11.3 Å². The maximum atomic E-state index is 12.8. The second-order valence-electron chi connectivity index (χ2n) is 6.43. The van der Waals surface area contributed by atoms with Crippen LogP contribution in [0.3, 0.4) is 0 Å². The van der Waals surface area contributed by atoms with Crippen molar-refractivity contribution in [2.45, 2.75) is 20.8 Å². The van der Waals surface area contributed by atoms with Crippen molar-refractivity contribution in [3.8, 4) is 11.3 Å². The monoisotopic (exact) mass is 361 g/mol. The normalized spacial score (nSPS) is 11.0. The molecule has 26 heavy (non-hydrogen) atoms. The standard InChI is InChI=1S/C21H19N3OS/c1-13-9-10-14(2)17(11-13)22-20(25)19-15(3)24-12-18(23-21(24)26-19)16-7-5-4-6-8-16/h4-12H,1-3H3,(H,22,25). The second kappa shape index (κ2) is 6.42. The fraction of sp³-hybridized carbons (Fsp3) is 0.143. The van der Waals surface area contributed by atoms with Crippen LogP contribution in [0, 0.1) is 20.8 Å².